The number of nitrogens with one attached hydrogen (secondary N) is 2. The smallest absolute Gasteiger partial charge is 0.343 e. The van der Waals surface area contributed by atoms with Gasteiger partial charge in [-0.15, -0.1) is 0 Å². The molecule has 0 radical (unpaired) electrons. The summed E-state index contributed by atoms with van der Waals surface area (Å²) in [6.45, 7) is 1.93. The molecule has 0 saturated carbocycles. The standard InChI is InChI=1S/C20H16N4O5/c1-12-7-16(23-22-12)19(25)24-21-10-13-3-2-4-15(8-13)29-20(26)14-5-6-17-18(9-14)28-11-27-17/h2-10H,11H2,1H3,(H,22,23)(H,24,25). The number of carbonyl (C=O) groups is 2. The van der Waals surface area contributed by atoms with E-state index in [1.165, 1.54) is 6.21 Å². The Morgan fingerprint density at radius 2 is 2.03 bits per heavy atom. The Bertz CT molecular complexity index is 1110. The summed E-state index contributed by atoms with van der Waals surface area (Å²) in [5.74, 6) is 0.469. The molecule has 4 rings (SSSR count). The van der Waals surface area contributed by atoms with Gasteiger partial charge in [0.1, 0.15) is 5.75 Å². The first kappa shape index (κ1) is 18.2. The number of aryl methyl sites for hydroxylation is 1. The van der Waals surface area contributed by atoms with Gasteiger partial charge < -0.3 is 14.2 Å². The first-order chi connectivity index (χ1) is 14.1. The lowest BCUT2D eigenvalue weighted by Crippen LogP contribution is -2.18. The Morgan fingerprint density at radius 1 is 1.17 bits per heavy atom. The van der Waals surface area contributed by atoms with Gasteiger partial charge in [0.15, 0.2) is 17.2 Å². The molecule has 29 heavy (non-hydrogen) atoms. The van der Waals surface area contributed by atoms with Crippen LogP contribution in [0.4, 0.5) is 0 Å². The summed E-state index contributed by atoms with van der Waals surface area (Å²) in [7, 11) is 0. The normalized spacial score (nSPS) is 12.2. The molecule has 0 unspecified atom stereocenters. The van der Waals surface area contributed by atoms with Crippen LogP contribution >= 0.6 is 0 Å². The highest BCUT2D eigenvalue weighted by Gasteiger charge is 2.17. The van der Waals surface area contributed by atoms with E-state index in [2.05, 4.69) is 20.7 Å². The Hall–Kier alpha value is -4.14. The van der Waals surface area contributed by atoms with Gasteiger partial charge in [-0.25, -0.2) is 10.2 Å². The van der Waals surface area contributed by atoms with Crippen molar-refractivity contribution in [1.29, 1.82) is 0 Å². The number of fused-ring (bicyclic) bond motifs is 1. The number of hydrazone groups is 1. The van der Waals surface area contributed by atoms with Gasteiger partial charge in [0, 0.05) is 5.69 Å². The number of benzene rings is 2. The number of nitrogens with zero attached hydrogens (tertiary/aromatic N) is 2. The molecule has 0 atom stereocenters. The number of ether oxygens (including phenoxy) is 3. The number of hydrogen-bond acceptors (Lipinski definition) is 7. The van der Waals surface area contributed by atoms with E-state index < -0.39 is 11.9 Å². The van der Waals surface area contributed by atoms with E-state index in [1.54, 1.807) is 55.5 Å². The molecule has 2 aromatic carbocycles. The minimum atomic E-state index is -0.528. The van der Waals surface area contributed by atoms with Crippen LogP contribution in [0, 0.1) is 6.92 Å². The molecule has 1 aliphatic heterocycles. The van der Waals surface area contributed by atoms with Crippen molar-refractivity contribution >= 4 is 18.1 Å². The summed E-state index contributed by atoms with van der Waals surface area (Å²) in [6, 6.07) is 13.2. The molecule has 146 valence electrons. The van der Waals surface area contributed by atoms with E-state index >= 15 is 0 Å². The van der Waals surface area contributed by atoms with Crippen molar-refractivity contribution in [2.24, 2.45) is 5.10 Å². The lowest BCUT2D eigenvalue weighted by atomic mass is 10.2. The Balaban J connectivity index is 1.39. The summed E-state index contributed by atoms with van der Waals surface area (Å²) in [5.41, 5.74) is 4.38. The van der Waals surface area contributed by atoms with Crippen LogP contribution in [0.25, 0.3) is 0 Å². The van der Waals surface area contributed by atoms with E-state index in [1.807, 2.05) is 0 Å². The van der Waals surface area contributed by atoms with Crippen LogP contribution < -0.4 is 19.6 Å². The molecule has 9 heteroatoms. The number of hydrogen-bond donors (Lipinski definition) is 2. The van der Waals surface area contributed by atoms with Gasteiger partial charge in [-0.3, -0.25) is 9.89 Å². The van der Waals surface area contributed by atoms with Crippen LogP contribution in [0.1, 0.15) is 32.1 Å². The highest BCUT2D eigenvalue weighted by Crippen LogP contribution is 2.32. The average molecular weight is 392 g/mol. The fourth-order valence-electron chi connectivity index (χ4n) is 2.60. The molecule has 2 N–H and O–H groups in total. The predicted octanol–water partition coefficient (Wildman–Crippen LogP) is 2.43. The average Bonchev–Trinajstić information content (AvgIpc) is 3.36. The first-order valence-corrected chi connectivity index (χ1v) is 8.66. The second-order valence-electron chi connectivity index (χ2n) is 6.17. The van der Waals surface area contributed by atoms with Crippen molar-refractivity contribution in [3.8, 4) is 17.2 Å². The molecular formula is C20H16N4O5. The van der Waals surface area contributed by atoms with Gasteiger partial charge >= 0.3 is 5.97 Å². The summed E-state index contributed by atoms with van der Waals surface area (Å²) in [6.07, 6.45) is 1.44. The maximum absolute atomic E-state index is 12.4. The van der Waals surface area contributed by atoms with Crippen molar-refractivity contribution in [1.82, 2.24) is 15.6 Å². The topological polar surface area (TPSA) is 115 Å². The molecule has 1 aliphatic rings. The fourth-order valence-corrected chi connectivity index (χ4v) is 2.60. The molecule has 0 saturated heterocycles. The van der Waals surface area contributed by atoms with Crippen molar-refractivity contribution in [2.45, 2.75) is 6.92 Å². The van der Waals surface area contributed by atoms with E-state index in [0.717, 1.165) is 5.69 Å². The lowest BCUT2D eigenvalue weighted by Gasteiger charge is -2.06. The van der Waals surface area contributed by atoms with Crippen LogP contribution in [0.15, 0.2) is 53.6 Å². The third kappa shape index (κ3) is 4.24. The van der Waals surface area contributed by atoms with Gasteiger partial charge in [0.25, 0.3) is 5.91 Å². The van der Waals surface area contributed by atoms with Crippen LogP contribution in [0.2, 0.25) is 0 Å². The monoisotopic (exact) mass is 392 g/mol. The van der Waals surface area contributed by atoms with Crippen molar-refractivity contribution < 1.29 is 23.8 Å². The molecule has 1 aromatic heterocycles. The molecule has 0 spiro atoms. The number of rotatable bonds is 5. The lowest BCUT2D eigenvalue weighted by molar-refractivity contribution is 0.0734. The zero-order chi connectivity index (χ0) is 20.2. The van der Waals surface area contributed by atoms with E-state index in [-0.39, 0.29) is 12.5 Å². The third-order valence-corrected chi connectivity index (χ3v) is 4.00. The molecule has 0 bridgehead atoms. The molecular weight excluding hydrogens is 376 g/mol. The Morgan fingerprint density at radius 3 is 2.86 bits per heavy atom. The minimum absolute atomic E-state index is 0.130. The zero-order valence-electron chi connectivity index (χ0n) is 15.3. The van der Waals surface area contributed by atoms with Gasteiger partial charge in [-0.05, 0) is 48.9 Å². The quantitative estimate of drug-likeness (QED) is 0.298. The second-order valence-corrected chi connectivity index (χ2v) is 6.17. The van der Waals surface area contributed by atoms with E-state index in [9.17, 15) is 9.59 Å². The number of esters is 1. The molecule has 9 nitrogen and oxygen atoms in total. The Labute approximate surface area is 165 Å². The number of carbonyl (C=O) groups excluding carboxylic acids is 2. The van der Waals surface area contributed by atoms with Crippen molar-refractivity contribution in [3.05, 3.63) is 71.0 Å². The van der Waals surface area contributed by atoms with E-state index in [4.69, 9.17) is 14.2 Å². The highest BCUT2D eigenvalue weighted by molar-refractivity contribution is 5.93. The molecule has 2 heterocycles. The van der Waals surface area contributed by atoms with Crippen molar-refractivity contribution in [3.63, 3.8) is 0 Å². The predicted molar refractivity (Wildman–Crippen MR) is 102 cm³/mol. The number of aromatic amines is 1. The molecule has 0 fully saturated rings. The van der Waals surface area contributed by atoms with Gasteiger partial charge in [-0.1, -0.05) is 12.1 Å². The molecule has 1 amide bonds. The summed E-state index contributed by atoms with van der Waals surface area (Å²) in [5, 5.41) is 10.4. The maximum Gasteiger partial charge on any atom is 0.343 e. The summed E-state index contributed by atoms with van der Waals surface area (Å²) in [4.78, 5) is 24.3. The van der Waals surface area contributed by atoms with E-state index in [0.29, 0.717) is 28.4 Å². The largest absolute Gasteiger partial charge is 0.454 e. The summed E-state index contributed by atoms with van der Waals surface area (Å²) < 4.78 is 15.9. The first-order valence-electron chi connectivity index (χ1n) is 8.66. The highest BCUT2D eigenvalue weighted by atomic mass is 16.7. The number of H-pyrrole nitrogens is 1. The van der Waals surface area contributed by atoms with Crippen molar-refractivity contribution in [2.75, 3.05) is 6.79 Å². The number of amides is 1. The summed E-state index contributed by atoms with van der Waals surface area (Å²) >= 11 is 0. The van der Waals surface area contributed by atoms with Crippen LogP contribution in [0.3, 0.4) is 0 Å². The second kappa shape index (κ2) is 7.85. The minimum Gasteiger partial charge on any atom is -0.454 e. The molecule has 3 aromatic rings. The third-order valence-electron chi connectivity index (χ3n) is 4.00. The van der Waals surface area contributed by atoms with Crippen LogP contribution in [-0.2, 0) is 0 Å². The number of aromatic nitrogens is 2. The zero-order valence-corrected chi connectivity index (χ0v) is 15.3. The van der Waals surface area contributed by atoms with Gasteiger partial charge in [0.2, 0.25) is 6.79 Å². The Kier molecular flexibility index (Phi) is 4.93. The maximum atomic E-state index is 12.4. The van der Waals surface area contributed by atoms with Crippen LogP contribution in [0.5, 0.6) is 17.2 Å². The van der Waals surface area contributed by atoms with Crippen LogP contribution in [-0.4, -0.2) is 35.1 Å². The van der Waals surface area contributed by atoms with Gasteiger partial charge in [0.05, 0.1) is 11.8 Å². The molecule has 0 aliphatic carbocycles. The van der Waals surface area contributed by atoms with Gasteiger partial charge in [-0.2, -0.15) is 10.2 Å². The fraction of sp³-hybridized carbons (Fsp3) is 0.100. The SMILES string of the molecule is Cc1cc(C(=O)NN=Cc2cccc(OC(=O)c3ccc4c(c3)OCO4)c2)n[nH]1.